The van der Waals surface area contributed by atoms with Crippen molar-refractivity contribution in [3.8, 4) is 0 Å². The van der Waals surface area contributed by atoms with Gasteiger partial charge in [0.05, 0.1) is 11.7 Å². The van der Waals surface area contributed by atoms with Gasteiger partial charge in [-0.15, -0.1) is 11.8 Å². The Bertz CT molecular complexity index is 1170. The highest BCUT2D eigenvalue weighted by molar-refractivity contribution is 7.98. The average Bonchev–Trinajstić information content (AvgIpc) is 3.27. The highest BCUT2D eigenvalue weighted by Crippen LogP contribution is 2.30. The largest absolute Gasteiger partial charge is 0.326 e. The minimum atomic E-state index is -3.66. The van der Waals surface area contributed by atoms with Crippen LogP contribution in [0.25, 0.3) is 11.0 Å². The third-order valence-corrected chi connectivity index (χ3v) is 8.38. The van der Waals surface area contributed by atoms with Gasteiger partial charge in [0.15, 0.2) is 0 Å². The SMILES string of the molecule is CSc1cccc(NC(=O)C2CCC(CNS(=O)(=O)c3cccc4nsnc34)CC2)c1. The van der Waals surface area contributed by atoms with Gasteiger partial charge in [-0.1, -0.05) is 12.1 Å². The first-order valence-electron chi connectivity index (χ1n) is 10.1. The minimum absolute atomic E-state index is 0.0411. The van der Waals surface area contributed by atoms with E-state index in [4.69, 9.17) is 0 Å². The van der Waals surface area contributed by atoms with Gasteiger partial charge in [0.25, 0.3) is 0 Å². The standard InChI is InChI=1S/C21H24N4O3S3/c1-29-17-5-2-4-16(12-17)23-21(26)15-10-8-14(9-11-15)13-22-31(27,28)19-7-3-6-18-20(19)25-30-24-18/h2-7,12,14-15,22H,8-11,13H2,1H3,(H,23,26). The zero-order chi connectivity index (χ0) is 21.8. The summed E-state index contributed by atoms with van der Waals surface area (Å²) >= 11 is 2.64. The van der Waals surface area contributed by atoms with Gasteiger partial charge in [0.1, 0.15) is 15.9 Å². The predicted octanol–water partition coefficient (Wildman–Crippen LogP) is 4.14. The summed E-state index contributed by atoms with van der Waals surface area (Å²) in [5.41, 5.74) is 1.81. The molecule has 0 radical (unpaired) electrons. The van der Waals surface area contributed by atoms with Gasteiger partial charge in [-0.2, -0.15) is 8.75 Å². The lowest BCUT2D eigenvalue weighted by Crippen LogP contribution is -2.33. The average molecular weight is 477 g/mol. The number of nitrogens with zero attached hydrogens (tertiary/aromatic N) is 2. The second kappa shape index (κ2) is 9.64. The number of sulfonamides is 1. The molecule has 1 heterocycles. The van der Waals surface area contributed by atoms with Gasteiger partial charge in [0.2, 0.25) is 15.9 Å². The number of hydrogen-bond acceptors (Lipinski definition) is 7. The summed E-state index contributed by atoms with van der Waals surface area (Å²) in [4.78, 5) is 13.9. The van der Waals surface area contributed by atoms with E-state index in [1.807, 2.05) is 30.5 Å². The van der Waals surface area contributed by atoms with Crippen molar-refractivity contribution in [1.82, 2.24) is 13.5 Å². The number of carbonyl (C=O) groups excluding carboxylic acids is 1. The predicted molar refractivity (Wildman–Crippen MR) is 125 cm³/mol. The molecule has 2 aromatic carbocycles. The molecule has 1 aliphatic carbocycles. The molecule has 4 rings (SSSR count). The summed E-state index contributed by atoms with van der Waals surface area (Å²) in [6, 6.07) is 12.8. The quantitative estimate of drug-likeness (QED) is 0.497. The highest BCUT2D eigenvalue weighted by atomic mass is 32.2. The normalized spacial score (nSPS) is 19.4. The Morgan fingerprint density at radius 2 is 1.90 bits per heavy atom. The van der Waals surface area contributed by atoms with Gasteiger partial charge in [-0.25, -0.2) is 13.1 Å². The maximum Gasteiger partial charge on any atom is 0.242 e. The van der Waals surface area contributed by atoms with E-state index >= 15 is 0 Å². The van der Waals surface area contributed by atoms with E-state index in [-0.39, 0.29) is 22.6 Å². The fourth-order valence-corrected chi connectivity index (χ4v) is 6.22. The van der Waals surface area contributed by atoms with Crippen molar-refractivity contribution in [1.29, 1.82) is 0 Å². The molecule has 3 aromatic rings. The Labute approximate surface area is 190 Å². The molecular weight excluding hydrogens is 452 g/mol. The highest BCUT2D eigenvalue weighted by Gasteiger charge is 2.28. The monoisotopic (exact) mass is 476 g/mol. The molecule has 0 unspecified atom stereocenters. The van der Waals surface area contributed by atoms with Gasteiger partial charge in [-0.3, -0.25) is 4.79 Å². The number of amides is 1. The fraction of sp³-hybridized carbons (Fsp3) is 0.381. The smallest absolute Gasteiger partial charge is 0.242 e. The number of thioether (sulfide) groups is 1. The van der Waals surface area contributed by atoms with Crippen molar-refractivity contribution in [3.63, 3.8) is 0 Å². The summed E-state index contributed by atoms with van der Waals surface area (Å²) in [6.45, 7) is 0.362. The van der Waals surface area contributed by atoms with Crippen molar-refractivity contribution < 1.29 is 13.2 Å². The van der Waals surface area contributed by atoms with Gasteiger partial charge in [0, 0.05) is 23.0 Å². The van der Waals surface area contributed by atoms with E-state index in [1.54, 1.807) is 30.0 Å². The fourth-order valence-electron chi connectivity index (χ4n) is 3.88. The number of anilines is 1. The molecule has 10 heteroatoms. The van der Waals surface area contributed by atoms with Crippen molar-refractivity contribution in [2.24, 2.45) is 11.8 Å². The Kier molecular flexibility index (Phi) is 6.90. The molecule has 1 aromatic heterocycles. The van der Waals surface area contributed by atoms with Crippen molar-refractivity contribution in [3.05, 3.63) is 42.5 Å². The molecule has 1 aliphatic rings. The summed E-state index contributed by atoms with van der Waals surface area (Å²) < 4.78 is 36.5. The van der Waals surface area contributed by atoms with Crippen LogP contribution in [0.3, 0.4) is 0 Å². The second-order valence-corrected chi connectivity index (χ2v) is 10.8. The first-order valence-corrected chi connectivity index (χ1v) is 13.6. The van der Waals surface area contributed by atoms with Crippen LogP contribution >= 0.6 is 23.5 Å². The maximum absolute atomic E-state index is 12.8. The third kappa shape index (κ3) is 5.25. The number of rotatable bonds is 7. The third-order valence-electron chi connectivity index (χ3n) is 5.66. The molecule has 0 spiro atoms. The summed E-state index contributed by atoms with van der Waals surface area (Å²) in [5.74, 6) is 0.215. The van der Waals surface area contributed by atoms with Crippen LogP contribution in [0.15, 0.2) is 52.3 Å². The molecule has 2 N–H and O–H groups in total. The van der Waals surface area contributed by atoms with E-state index < -0.39 is 10.0 Å². The van der Waals surface area contributed by atoms with E-state index in [0.29, 0.717) is 17.6 Å². The molecule has 0 saturated heterocycles. The van der Waals surface area contributed by atoms with Gasteiger partial charge in [-0.05, 0) is 68.2 Å². The Hall–Kier alpha value is -2.01. The Morgan fingerprint density at radius 3 is 2.68 bits per heavy atom. The molecule has 31 heavy (non-hydrogen) atoms. The van der Waals surface area contributed by atoms with Crippen LogP contribution in [-0.4, -0.2) is 35.9 Å². The van der Waals surface area contributed by atoms with Crippen molar-refractivity contribution >= 4 is 56.1 Å². The first kappa shape index (κ1) is 22.2. The van der Waals surface area contributed by atoms with Gasteiger partial charge >= 0.3 is 0 Å². The Morgan fingerprint density at radius 1 is 1.13 bits per heavy atom. The summed E-state index contributed by atoms with van der Waals surface area (Å²) in [7, 11) is -3.66. The molecule has 0 aliphatic heterocycles. The maximum atomic E-state index is 12.8. The van der Waals surface area contributed by atoms with E-state index in [9.17, 15) is 13.2 Å². The molecule has 1 saturated carbocycles. The van der Waals surface area contributed by atoms with Crippen LogP contribution in [0.1, 0.15) is 25.7 Å². The topological polar surface area (TPSA) is 101 Å². The van der Waals surface area contributed by atoms with Crippen LogP contribution in [-0.2, 0) is 14.8 Å². The van der Waals surface area contributed by atoms with Crippen molar-refractivity contribution in [2.45, 2.75) is 35.5 Å². The molecule has 0 bridgehead atoms. The van der Waals surface area contributed by atoms with Crippen LogP contribution in [0, 0.1) is 11.8 Å². The van der Waals surface area contributed by atoms with E-state index in [0.717, 1.165) is 48.0 Å². The number of nitrogens with one attached hydrogen (secondary N) is 2. The molecule has 7 nitrogen and oxygen atoms in total. The van der Waals surface area contributed by atoms with Gasteiger partial charge < -0.3 is 5.32 Å². The molecule has 1 amide bonds. The minimum Gasteiger partial charge on any atom is -0.326 e. The number of aromatic nitrogens is 2. The van der Waals surface area contributed by atoms with Crippen LogP contribution in [0.4, 0.5) is 5.69 Å². The number of fused-ring (bicyclic) bond motifs is 1. The molecular formula is C21H24N4O3S3. The lowest BCUT2D eigenvalue weighted by Gasteiger charge is -2.28. The lowest BCUT2D eigenvalue weighted by atomic mass is 9.81. The zero-order valence-corrected chi connectivity index (χ0v) is 19.5. The van der Waals surface area contributed by atoms with Crippen LogP contribution in [0.2, 0.25) is 0 Å². The van der Waals surface area contributed by atoms with E-state index in [1.165, 1.54) is 0 Å². The molecule has 1 fully saturated rings. The second-order valence-electron chi connectivity index (χ2n) is 7.68. The summed E-state index contributed by atoms with van der Waals surface area (Å²) in [5, 5.41) is 3.02. The van der Waals surface area contributed by atoms with Crippen LogP contribution < -0.4 is 10.0 Å². The van der Waals surface area contributed by atoms with Crippen molar-refractivity contribution in [2.75, 3.05) is 18.1 Å². The van der Waals surface area contributed by atoms with E-state index in [2.05, 4.69) is 18.8 Å². The first-order chi connectivity index (χ1) is 15.0. The zero-order valence-electron chi connectivity index (χ0n) is 17.1. The molecule has 164 valence electrons. The Balaban J connectivity index is 1.30. The van der Waals surface area contributed by atoms with Crippen LogP contribution in [0.5, 0.6) is 0 Å². The number of benzene rings is 2. The molecule has 0 atom stereocenters. The summed E-state index contributed by atoms with van der Waals surface area (Å²) in [6.07, 6.45) is 5.14. The number of hydrogen-bond donors (Lipinski definition) is 2. The lowest BCUT2D eigenvalue weighted by molar-refractivity contribution is -0.121. The number of carbonyl (C=O) groups is 1.